The lowest BCUT2D eigenvalue weighted by atomic mass is 9.77. The zero-order valence-electron chi connectivity index (χ0n) is 12.6. The normalized spacial score (nSPS) is 21.1. The van der Waals surface area contributed by atoms with Crippen LogP contribution in [0.1, 0.15) is 45.9 Å². The first-order valence-corrected chi connectivity index (χ1v) is 7.39. The van der Waals surface area contributed by atoms with Crippen LogP contribution in [0.25, 0.3) is 0 Å². The van der Waals surface area contributed by atoms with Crippen LogP contribution in [0.3, 0.4) is 0 Å². The predicted molar refractivity (Wildman–Crippen MR) is 75.6 cm³/mol. The number of carbonyl (C=O) groups excluding carboxylic acids is 1. The predicted octanol–water partition coefficient (Wildman–Crippen LogP) is 2.56. The molecular weight excluding hydrogens is 254 g/mol. The smallest absolute Gasteiger partial charge is 0.410 e. The average molecular weight is 277 g/mol. The zero-order chi connectivity index (χ0) is 14.4. The van der Waals surface area contributed by atoms with E-state index in [2.05, 4.69) is 15.7 Å². The van der Waals surface area contributed by atoms with Gasteiger partial charge in [-0.2, -0.15) is 0 Å². The fourth-order valence-corrected chi connectivity index (χ4v) is 3.31. The van der Waals surface area contributed by atoms with Crippen molar-refractivity contribution in [1.29, 1.82) is 0 Å². The molecule has 1 amide bonds. The molecular formula is C15H23N3O2. The number of aryl methyl sites for hydroxylation is 1. The van der Waals surface area contributed by atoms with Gasteiger partial charge in [0.1, 0.15) is 11.4 Å². The summed E-state index contributed by atoms with van der Waals surface area (Å²) in [5, 5.41) is 0. The van der Waals surface area contributed by atoms with Crippen molar-refractivity contribution in [2.24, 2.45) is 0 Å². The van der Waals surface area contributed by atoms with Crippen LogP contribution in [0.4, 0.5) is 4.79 Å². The van der Waals surface area contributed by atoms with Gasteiger partial charge in [0.25, 0.3) is 0 Å². The van der Waals surface area contributed by atoms with Crippen LogP contribution < -0.4 is 0 Å². The van der Waals surface area contributed by atoms with Crippen LogP contribution >= 0.6 is 0 Å². The molecule has 0 aromatic carbocycles. The zero-order valence-corrected chi connectivity index (χ0v) is 12.6. The number of ether oxygens (including phenoxy) is 1. The van der Waals surface area contributed by atoms with Crippen LogP contribution in [0, 0.1) is 0 Å². The minimum Gasteiger partial charge on any atom is -0.444 e. The third-order valence-corrected chi connectivity index (χ3v) is 4.39. The maximum atomic E-state index is 12.1. The summed E-state index contributed by atoms with van der Waals surface area (Å²) in [6.07, 6.45) is 6.89. The van der Waals surface area contributed by atoms with E-state index < -0.39 is 5.60 Å². The molecule has 2 aliphatic rings. The molecule has 1 spiro atoms. The van der Waals surface area contributed by atoms with Crippen molar-refractivity contribution in [2.45, 2.75) is 57.6 Å². The van der Waals surface area contributed by atoms with Crippen molar-refractivity contribution in [2.75, 3.05) is 13.1 Å². The number of likely N-dealkylation sites (tertiary alicyclic amines) is 1. The second-order valence-corrected chi connectivity index (χ2v) is 6.94. The Balaban J connectivity index is 1.65. The number of rotatable bonds is 0. The Morgan fingerprint density at radius 3 is 2.55 bits per heavy atom. The maximum Gasteiger partial charge on any atom is 0.410 e. The molecule has 0 unspecified atom stereocenters. The summed E-state index contributed by atoms with van der Waals surface area (Å²) in [6, 6.07) is 0. The first-order valence-electron chi connectivity index (χ1n) is 7.39. The van der Waals surface area contributed by atoms with Gasteiger partial charge >= 0.3 is 6.09 Å². The molecule has 20 heavy (non-hydrogen) atoms. The highest BCUT2D eigenvalue weighted by atomic mass is 16.6. The highest BCUT2D eigenvalue weighted by Crippen LogP contribution is 2.42. The standard InChI is InChI=1S/C15H23N3O2/c1-14(2,3)20-13(19)18-9-5-15(6-10-18)4-8-17-11-7-16-12(15)17/h7,11H,4-6,8-10H2,1-3H3. The van der Waals surface area contributed by atoms with E-state index in [4.69, 9.17) is 4.74 Å². The van der Waals surface area contributed by atoms with Crippen LogP contribution in [0.5, 0.6) is 0 Å². The van der Waals surface area contributed by atoms with Crippen molar-refractivity contribution in [3.63, 3.8) is 0 Å². The first kappa shape index (κ1) is 13.5. The van der Waals surface area contributed by atoms with E-state index in [0.717, 1.165) is 38.9 Å². The van der Waals surface area contributed by atoms with E-state index in [1.165, 1.54) is 5.82 Å². The Kier molecular flexibility index (Phi) is 3.03. The number of carbonyl (C=O) groups is 1. The molecule has 5 heteroatoms. The number of nitrogens with zero attached hydrogens (tertiary/aromatic N) is 3. The summed E-state index contributed by atoms with van der Waals surface area (Å²) in [4.78, 5) is 18.5. The topological polar surface area (TPSA) is 47.4 Å². The molecule has 0 atom stereocenters. The molecule has 0 aliphatic carbocycles. The summed E-state index contributed by atoms with van der Waals surface area (Å²) < 4.78 is 7.70. The van der Waals surface area contributed by atoms with E-state index in [1.807, 2.05) is 31.9 Å². The minimum absolute atomic E-state index is 0.183. The third-order valence-electron chi connectivity index (χ3n) is 4.39. The molecule has 0 saturated carbocycles. The number of hydrogen-bond donors (Lipinski definition) is 0. The number of fused-ring (bicyclic) bond motifs is 2. The highest BCUT2D eigenvalue weighted by molar-refractivity contribution is 5.68. The number of hydrogen-bond acceptors (Lipinski definition) is 3. The van der Waals surface area contributed by atoms with Crippen LogP contribution in [0.2, 0.25) is 0 Å². The lowest BCUT2D eigenvalue weighted by Gasteiger charge is -2.38. The Morgan fingerprint density at radius 1 is 1.25 bits per heavy atom. The molecule has 2 aliphatic heterocycles. The van der Waals surface area contributed by atoms with Gasteiger partial charge in [-0.25, -0.2) is 9.78 Å². The lowest BCUT2D eigenvalue weighted by Crippen LogP contribution is -2.46. The van der Waals surface area contributed by atoms with Crippen LogP contribution in [-0.2, 0) is 16.7 Å². The van der Waals surface area contributed by atoms with Gasteiger partial charge in [0, 0.05) is 37.4 Å². The summed E-state index contributed by atoms with van der Waals surface area (Å²) in [5.41, 5.74) is -0.238. The van der Waals surface area contributed by atoms with Crippen molar-refractivity contribution < 1.29 is 9.53 Å². The Labute approximate surface area is 119 Å². The van der Waals surface area contributed by atoms with Gasteiger partial charge in [-0.3, -0.25) is 0 Å². The van der Waals surface area contributed by atoms with E-state index in [9.17, 15) is 4.79 Å². The Morgan fingerprint density at radius 2 is 1.90 bits per heavy atom. The molecule has 3 rings (SSSR count). The summed E-state index contributed by atoms with van der Waals surface area (Å²) in [7, 11) is 0. The molecule has 5 nitrogen and oxygen atoms in total. The molecule has 1 aromatic rings. The summed E-state index contributed by atoms with van der Waals surface area (Å²) >= 11 is 0. The van der Waals surface area contributed by atoms with Crippen molar-refractivity contribution in [3.8, 4) is 0 Å². The van der Waals surface area contributed by atoms with Gasteiger partial charge in [0.15, 0.2) is 0 Å². The van der Waals surface area contributed by atoms with Crippen molar-refractivity contribution >= 4 is 6.09 Å². The third kappa shape index (κ3) is 2.30. The van der Waals surface area contributed by atoms with Gasteiger partial charge < -0.3 is 14.2 Å². The van der Waals surface area contributed by atoms with E-state index in [0.29, 0.717) is 0 Å². The Bertz CT molecular complexity index is 507. The summed E-state index contributed by atoms with van der Waals surface area (Å²) in [5.74, 6) is 1.21. The molecule has 3 heterocycles. The van der Waals surface area contributed by atoms with Gasteiger partial charge in [-0.1, -0.05) is 0 Å². The maximum absolute atomic E-state index is 12.1. The number of amides is 1. The molecule has 0 N–H and O–H groups in total. The second-order valence-electron chi connectivity index (χ2n) is 6.94. The lowest BCUT2D eigenvalue weighted by molar-refractivity contribution is 0.0162. The molecule has 1 fully saturated rings. The van der Waals surface area contributed by atoms with E-state index >= 15 is 0 Å². The second kappa shape index (κ2) is 4.50. The summed E-state index contributed by atoms with van der Waals surface area (Å²) in [6.45, 7) is 8.31. The molecule has 0 bridgehead atoms. The first-order chi connectivity index (χ1) is 9.40. The SMILES string of the molecule is CC(C)(C)OC(=O)N1CCC2(CC1)CCn1ccnc12. The van der Waals surface area contributed by atoms with Gasteiger partial charge in [-0.15, -0.1) is 0 Å². The van der Waals surface area contributed by atoms with Crippen molar-refractivity contribution in [1.82, 2.24) is 14.5 Å². The van der Waals surface area contributed by atoms with Crippen LogP contribution in [0.15, 0.2) is 12.4 Å². The fourth-order valence-electron chi connectivity index (χ4n) is 3.31. The number of imidazole rings is 1. The van der Waals surface area contributed by atoms with E-state index in [-0.39, 0.29) is 11.5 Å². The van der Waals surface area contributed by atoms with Gasteiger partial charge in [-0.05, 0) is 40.0 Å². The monoisotopic (exact) mass is 277 g/mol. The molecule has 0 radical (unpaired) electrons. The average Bonchev–Trinajstić information content (AvgIpc) is 2.93. The molecule has 1 saturated heterocycles. The van der Waals surface area contributed by atoms with E-state index in [1.54, 1.807) is 0 Å². The van der Waals surface area contributed by atoms with Gasteiger partial charge in [0.05, 0.1) is 0 Å². The fraction of sp³-hybridized carbons (Fsp3) is 0.733. The van der Waals surface area contributed by atoms with Gasteiger partial charge in [0.2, 0.25) is 0 Å². The largest absolute Gasteiger partial charge is 0.444 e. The quantitative estimate of drug-likeness (QED) is 0.732. The number of aromatic nitrogens is 2. The molecule has 110 valence electrons. The van der Waals surface area contributed by atoms with Crippen LogP contribution in [-0.4, -0.2) is 39.2 Å². The molecule has 1 aromatic heterocycles. The van der Waals surface area contributed by atoms with Crippen molar-refractivity contribution in [3.05, 3.63) is 18.2 Å². The highest BCUT2D eigenvalue weighted by Gasteiger charge is 2.44. The Hall–Kier alpha value is -1.52. The number of piperidine rings is 1. The minimum atomic E-state index is -0.421.